The van der Waals surface area contributed by atoms with Crippen LogP contribution in [-0.2, 0) is 11.3 Å². The van der Waals surface area contributed by atoms with E-state index in [1.807, 2.05) is 30.3 Å². The minimum absolute atomic E-state index is 0.707. The van der Waals surface area contributed by atoms with Crippen molar-refractivity contribution in [2.45, 2.75) is 13.5 Å². The Labute approximate surface area is 139 Å². The number of ether oxygens (including phenoxy) is 2. The Bertz CT molecular complexity index is 570. The predicted octanol–water partition coefficient (Wildman–Crippen LogP) is 4.13. The maximum atomic E-state index is 6.00. The maximum absolute atomic E-state index is 6.00. The Morgan fingerprint density at radius 2 is 1.86 bits per heavy atom. The van der Waals surface area contributed by atoms with Crippen LogP contribution in [0.3, 0.4) is 0 Å². The van der Waals surface area contributed by atoms with Gasteiger partial charge in [-0.1, -0.05) is 17.7 Å². The van der Waals surface area contributed by atoms with Gasteiger partial charge in [-0.3, -0.25) is 0 Å². The third-order valence-corrected chi connectivity index (χ3v) is 3.78. The summed E-state index contributed by atoms with van der Waals surface area (Å²) in [6.07, 6.45) is 0. The van der Waals surface area contributed by atoms with Gasteiger partial charge < -0.3 is 14.8 Å². The normalized spacial score (nSPS) is 10.6. The van der Waals surface area contributed by atoms with Gasteiger partial charge in [0.15, 0.2) is 0 Å². The highest BCUT2D eigenvalue weighted by Crippen LogP contribution is 2.26. The fourth-order valence-corrected chi connectivity index (χ4v) is 2.33. The van der Waals surface area contributed by atoms with E-state index in [2.05, 4.69) is 47.0 Å². The van der Waals surface area contributed by atoms with Gasteiger partial charge in [-0.05, 0) is 59.8 Å². The van der Waals surface area contributed by atoms with E-state index in [9.17, 15) is 0 Å². The quantitative estimate of drug-likeness (QED) is 0.563. The molecular weight excluding hydrogens is 377 g/mol. The summed E-state index contributed by atoms with van der Waals surface area (Å²) in [5, 5.41) is 3.36. The van der Waals surface area contributed by atoms with Gasteiger partial charge in [-0.25, -0.2) is 0 Å². The second-order valence-electron chi connectivity index (χ2n) is 4.84. The second-order valence-corrected chi connectivity index (χ2v) is 6.08. The van der Waals surface area contributed by atoms with Gasteiger partial charge in [0.1, 0.15) is 11.5 Å². The molecule has 2 rings (SSSR count). The third-order valence-electron chi connectivity index (χ3n) is 3.06. The van der Waals surface area contributed by atoms with Crippen LogP contribution < -0.4 is 10.1 Å². The monoisotopic (exact) mass is 397 g/mol. The summed E-state index contributed by atoms with van der Waals surface area (Å²) in [5.74, 6) is 1.75. The Morgan fingerprint density at radius 1 is 1.10 bits per heavy atom. The molecule has 0 saturated heterocycles. The fraction of sp³-hybridized carbons (Fsp3) is 0.294. The first-order valence-electron chi connectivity index (χ1n) is 6.91. The zero-order valence-electron chi connectivity index (χ0n) is 12.4. The van der Waals surface area contributed by atoms with E-state index in [4.69, 9.17) is 9.47 Å². The molecule has 0 radical (unpaired) electrons. The molecule has 0 amide bonds. The molecule has 0 aliphatic rings. The molecule has 0 unspecified atom stereocenters. The van der Waals surface area contributed by atoms with Crippen LogP contribution in [0.5, 0.6) is 11.5 Å². The summed E-state index contributed by atoms with van der Waals surface area (Å²) in [6.45, 7) is 4.39. The summed E-state index contributed by atoms with van der Waals surface area (Å²) >= 11 is 2.29. The third kappa shape index (κ3) is 5.30. The highest BCUT2D eigenvalue weighted by atomic mass is 127. The summed E-state index contributed by atoms with van der Waals surface area (Å²) in [5.41, 5.74) is 2.39. The first-order valence-corrected chi connectivity index (χ1v) is 7.99. The van der Waals surface area contributed by atoms with Crippen molar-refractivity contribution in [3.8, 4) is 11.5 Å². The maximum Gasteiger partial charge on any atom is 0.131 e. The zero-order valence-corrected chi connectivity index (χ0v) is 14.5. The van der Waals surface area contributed by atoms with E-state index in [0.29, 0.717) is 6.61 Å². The number of halogens is 1. The highest BCUT2D eigenvalue weighted by Gasteiger charge is 2.05. The molecule has 0 aromatic heterocycles. The number of nitrogens with one attached hydrogen (secondary N) is 1. The van der Waals surface area contributed by atoms with Crippen molar-refractivity contribution >= 4 is 22.6 Å². The number of rotatable bonds is 7. The van der Waals surface area contributed by atoms with Crippen LogP contribution in [0.4, 0.5) is 0 Å². The topological polar surface area (TPSA) is 30.5 Å². The van der Waals surface area contributed by atoms with Crippen molar-refractivity contribution in [3.63, 3.8) is 0 Å². The van der Waals surface area contributed by atoms with Gasteiger partial charge in [0, 0.05) is 29.3 Å². The number of methoxy groups -OCH3 is 1. The van der Waals surface area contributed by atoms with E-state index in [1.165, 1.54) is 9.13 Å². The van der Waals surface area contributed by atoms with Crippen LogP contribution in [-0.4, -0.2) is 20.3 Å². The molecule has 0 atom stereocenters. The lowest BCUT2D eigenvalue weighted by Gasteiger charge is -2.13. The summed E-state index contributed by atoms with van der Waals surface area (Å²) in [7, 11) is 1.71. The lowest BCUT2D eigenvalue weighted by atomic mass is 10.1. The van der Waals surface area contributed by atoms with Gasteiger partial charge in [0.05, 0.1) is 6.61 Å². The molecule has 112 valence electrons. The van der Waals surface area contributed by atoms with Gasteiger partial charge in [-0.15, -0.1) is 0 Å². The lowest BCUT2D eigenvalue weighted by Crippen LogP contribution is -2.18. The summed E-state index contributed by atoms with van der Waals surface area (Å²) in [4.78, 5) is 0. The molecule has 1 N–H and O–H groups in total. The van der Waals surface area contributed by atoms with Crippen molar-refractivity contribution in [1.29, 1.82) is 0 Å². The molecule has 0 saturated carbocycles. The first kappa shape index (κ1) is 16.3. The molecule has 0 heterocycles. The van der Waals surface area contributed by atoms with E-state index in [1.54, 1.807) is 7.11 Å². The molecule has 3 nitrogen and oxygen atoms in total. The average molecular weight is 397 g/mol. The Morgan fingerprint density at radius 3 is 2.57 bits per heavy atom. The molecular formula is C17H20INO2. The molecule has 21 heavy (non-hydrogen) atoms. The van der Waals surface area contributed by atoms with Crippen LogP contribution >= 0.6 is 22.6 Å². The molecule has 2 aromatic rings. The molecule has 0 bridgehead atoms. The zero-order chi connectivity index (χ0) is 15.1. The van der Waals surface area contributed by atoms with Gasteiger partial charge in [0.25, 0.3) is 0 Å². The van der Waals surface area contributed by atoms with Gasteiger partial charge in [-0.2, -0.15) is 0 Å². The molecule has 0 spiro atoms. The Balaban J connectivity index is 2.08. The van der Waals surface area contributed by atoms with E-state index < -0.39 is 0 Å². The minimum Gasteiger partial charge on any atom is -0.457 e. The van der Waals surface area contributed by atoms with E-state index in [-0.39, 0.29) is 0 Å². The van der Waals surface area contributed by atoms with Crippen molar-refractivity contribution in [2.24, 2.45) is 0 Å². The smallest absolute Gasteiger partial charge is 0.131 e. The standard InChI is InChI=1S/C17H20INO2/c1-13-3-8-17(14(11-13)12-19-9-10-20-2)21-16-6-4-15(18)5-7-16/h3-8,11,19H,9-10,12H2,1-2H3. The van der Waals surface area contributed by atoms with Crippen molar-refractivity contribution in [1.82, 2.24) is 5.32 Å². The van der Waals surface area contributed by atoms with Crippen LogP contribution in [0, 0.1) is 10.5 Å². The van der Waals surface area contributed by atoms with Crippen LogP contribution in [0.1, 0.15) is 11.1 Å². The number of benzene rings is 2. The van der Waals surface area contributed by atoms with Crippen molar-refractivity contribution < 1.29 is 9.47 Å². The highest BCUT2D eigenvalue weighted by molar-refractivity contribution is 14.1. The molecule has 0 aliphatic heterocycles. The first-order chi connectivity index (χ1) is 10.2. The fourth-order valence-electron chi connectivity index (χ4n) is 1.97. The predicted molar refractivity (Wildman–Crippen MR) is 94.0 cm³/mol. The Hall–Kier alpha value is -1.11. The molecule has 4 heteroatoms. The second kappa shape index (κ2) is 8.36. The van der Waals surface area contributed by atoms with Gasteiger partial charge in [0.2, 0.25) is 0 Å². The van der Waals surface area contributed by atoms with Crippen LogP contribution in [0.15, 0.2) is 42.5 Å². The van der Waals surface area contributed by atoms with Crippen molar-refractivity contribution in [3.05, 3.63) is 57.2 Å². The number of hydrogen-bond acceptors (Lipinski definition) is 3. The number of hydrogen-bond donors (Lipinski definition) is 1. The molecule has 0 fully saturated rings. The van der Waals surface area contributed by atoms with E-state index in [0.717, 1.165) is 30.2 Å². The SMILES string of the molecule is COCCNCc1cc(C)ccc1Oc1ccc(I)cc1. The Kier molecular flexibility index (Phi) is 6.48. The summed E-state index contributed by atoms with van der Waals surface area (Å²) < 4.78 is 12.2. The van der Waals surface area contributed by atoms with Crippen LogP contribution in [0.2, 0.25) is 0 Å². The molecule has 0 aliphatic carbocycles. The van der Waals surface area contributed by atoms with E-state index >= 15 is 0 Å². The minimum atomic E-state index is 0.707. The van der Waals surface area contributed by atoms with Gasteiger partial charge >= 0.3 is 0 Å². The lowest BCUT2D eigenvalue weighted by molar-refractivity contribution is 0.199. The molecule has 2 aromatic carbocycles. The van der Waals surface area contributed by atoms with Crippen molar-refractivity contribution in [2.75, 3.05) is 20.3 Å². The summed E-state index contributed by atoms with van der Waals surface area (Å²) in [6, 6.07) is 14.3. The van der Waals surface area contributed by atoms with Crippen LogP contribution in [0.25, 0.3) is 0 Å². The number of aryl methyl sites for hydroxylation is 1. The average Bonchev–Trinajstić information content (AvgIpc) is 2.48. The largest absolute Gasteiger partial charge is 0.457 e.